The van der Waals surface area contributed by atoms with E-state index in [4.69, 9.17) is 0 Å². The van der Waals surface area contributed by atoms with Crippen molar-refractivity contribution >= 4 is 11.3 Å². The Hall–Kier alpha value is -1.26. The highest BCUT2D eigenvalue weighted by atomic mass is 32.1. The van der Waals surface area contributed by atoms with Crippen molar-refractivity contribution in [3.8, 4) is 10.6 Å². The van der Waals surface area contributed by atoms with Gasteiger partial charge in [-0.05, 0) is 19.1 Å². The average Bonchev–Trinajstić information content (AvgIpc) is 2.65. The molecule has 0 saturated carbocycles. The van der Waals surface area contributed by atoms with E-state index in [-0.39, 0.29) is 5.82 Å². The molecule has 0 spiro atoms. The van der Waals surface area contributed by atoms with E-state index < -0.39 is 6.10 Å². The second-order valence-electron chi connectivity index (χ2n) is 3.71. The third kappa shape index (κ3) is 2.65. The van der Waals surface area contributed by atoms with Gasteiger partial charge in [-0.3, -0.25) is 0 Å². The van der Waals surface area contributed by atoms with Crippen molar-refractivity contribution in [1.82, 2.24) is 4.98 Å². The first-order valence-electron chi connectivity index (χ1n) is 5.03. The predicted octanol–water partition coefficient (Wildman–Crippen LogP) is 2.87. The molecule has 1 aromatic carbocycles. The Bertz CT molecular complexity index is 481. The van der Waals surface area contributed by atoms with Gasteiger partial charge >= 0.3 is 0 Å². The number of rotatable bonds is 3. The molecule has 0 radical (unpaired) electrons. The van der Waals surface area contributed by atoms with E-state index in [1.807, 2.05) is 11.4 Å². The molecule has 0 aliphatic carbocycles. The lowest BCUT2D eigenvalue weighted by Gasteiger charge is -1.99. The van der Waals surface area contributed by atoms with Crippen LogP contribution in [0.2, 0.25) is 0 Å². The van der Waals surface area contributed by atoms with E-state index in [0.29, 0.717) is 6.42 Å². The normalized spacial score (nSPS) is 12.7. The number of halogens is 1. The molecule has 0 aliphatic heterocycles. The number of thiazole rings is 1. The van der Waals surface area contributed by atoms with Crippen molar-refractivity contribution in [2.24, 2.45) is 0 Å². The van der Waals surface area contributed by atoms with Gasteiger partial charge < -0.3 is 5.11 Å². The number of aliphatic hydroxyl groups is 1. The Balaban J connectivity index is 2.24. The molecule has 1 aromatic heterocycles. The molecule has 1 N–H and O–H groups in total. The average molecular weight is 237 g/mol. The maximum Gasteiger partial charge on any atom is 0.123 e. The van der Waals surface area contributed by atoms with Crippen molar-refractivity contribution < 1.29 is 9.50 Å². The number of aliphatic hydroxyl groups excluding tert-OH is 1. The van der Waals surface area contributed by atoms with E-state index >= 15 is 0 Å². The lowest BCUT2D eigenvalue weighted by Crippen LogP contribution is -2.04. The van der Waals surface area contributed by atoms with Crippen molar-refractivity contribution in [3.63, 3.8) is 0 Å². The molecule has 2 nitrogen and oxygen atoms in total. The molecule has 1 atom stereocenters. The number of nitrogens with zero attached hydrogens (tertiary/aromatic N) is 1. The van der Waals surface area contributed by atoms with Crippen molar-refractivity contribution in [2.45, 2.75) is 19.4 Å². The second kappa shape index (κ2) is 4.72. The lowest BCUT2D eigenvalue weighted by atomic mass is 10.2. The van der Waals surface area contributed by atoms with E-state index in [1.54, 1.807) is 13.0 Å². The standard InChI is InChI=1S/C12H12FNOS/c1-8(15)5-11-7-16-12(14-11)9-3-2-4-10(13)6-9/h2-4,6-8,15H,5H2,1H3. The minimum atomic E-state index is -0.401. The summed E-state index contributed by atoms with van der Waals surface area (Å²) < 4.78 is 13.0. The maximum atomic E-state index is 13.0. The molecule has 4 heteroatoms. The molecule has 0 saturated heterocycles. The van der Waals surface area contributed by atoms with Crippen LogP contribution in [0.3, 0.4) is 0 Å². The molecule has 16 heavy (non-hydrogen) atoms. The fourth-order valence-electron chi connectivity index (χ4n) is 1.46. The van der Waals surface area contributed by atoms with Crippen LogP contribution in [0.15, 0.2) is 29.6 Å². The molecule has 0 fully saturated rings. The Morgan fingerprint density at radius 2 is 2.31 bits per heavy atom. The Labute approximate surface area is 97.4 Å². The van der Waals surface area contributed by atoms with Gasteiger partial charge in [0.15, 0.2) is 0 Å². The first kappa shape index (κ1) is 11.2. The first-order valence-corrected chi connectivity index (χ1v) is 5.91. The molecule has 0 bridgehead atoms. The predicted molar refractivity (Wildman–Crippen MR) is 62.9 cm³/mol. The Kier molecular flexibility index (Phi) is 3.31. The van der Waals surface area contributed by atoms with Crippen LogP contribution in [0.4, 0.5) is 4.39 Å². The van der Waals surface area contributed by atoms with E-state index in [9.17, 15) is 9.50 Å². The summed E-state index contributed by atoms with van der Waals surface area (Å²) in [6, 6.07) is 6.37. The fraction of sp³-hybridized carbons (Fsp3) is 0.250. The molecule has 84 valence electrons. The SMILES string of the molecule is CC(O)Cc1csc(-c2cccc(F)c2)n1. The van der Waals surface area contributed by atoms with Crippen LogP contribution in [0.1, 0.15) is 12.6 Å². The summed E-state index contributed by atoms with van der Waals surface area (Å²) in [4.78, 5) is 4.35. The zero-order valence-electron chi connectivity index (χ0n) is 8.85. The first-order chi connectivity index (χ1) is 7.65. The summed E-state index contributed by atoms with van der Waals surface area (Å²) in [5, 5.41) is 11.9. The van der Waals surface area contributed by atoms with Gasteiger partial charge in [-0.1, -0.05) is 12.1 Å². The number of benzene rings is 1. The summed E-state index contributed by atoms with van der Waals surface area (Å²) >= 11 is 1.46. The van der Waals surface area contributed by atoms with E-state index in [1.165, 1.54) is 23.5 Å². The molecule has 1 heterocycles. The highest BCUT2D eigenvalue weighted by molar-refractivity contribution is 7.13. The molecule has 0 aliphatic rings. The van der Waals surface area contributed by atoms with Gasteiger partial charge in [-0.25, -0.2) is 9.37 Å². The van der Waals surface area contributed by atoms with Crippen molar-refractivity contribution in [1.29, 1.82) is 0 Å². The summed E-state index contributed by atoms with van der Waals surface area (Å²) in [6.45, 7) is 1.72. The number of hydrogen-bond donors (Lipinski definition) is 1. The van der Waals surface area contributed by atoms with Crippen LogP contribution in [0.5, 0.6) is 0 Å². The molecular formula is C12H12FNOS. The fourth-order valence-corrected chi connectivity index (χ4v) is 2.29. The van der Waals surface area contributed by atoms with E-state index in [2.05, 4.69) is 4.98 Å². The zero-order chi connectivity index (χ0) is 11.5. The maximum absolute atomic E-state index is 13.0. The van der Waals surface area contributed by atoms with Crippen molar-refractivity contribution in [3.05, 3.63) is 41.2 Å². The van der Waals surface area contributed by atoms with Gasteiger partial charge in [0.25, 0.3) is 0 Å². The molecule has 0 amide bonds. The Morgan fingerprint density at radius 1 is 1.50 bits per heavy atom. The van der Waals surface area contributed by atoms with Crippen LogP contribution >= 0.6 is 11.3 Å². The van der Waals surface area contributed by atoms with Gasteiger partial charge in [0, 0.05) is 17.4 Å². The van der Waals surface area contributed by atoms with Gasteiger partial charge in [0.2, 0.25) is 0 Å². The topological polar surface area (TPSA) is 33.1 Å². The molecular weight excluding hydrogens is 225 g/mol. The van der Waals surface area contributed by atoms with E-state index in [0.717, 1.165) is 16.3 Å². The van der Waals surface area contributed by atoms with Crippen LogP contribution in [-0.2, 0) is 6.42 Å². The Morgan fingerprint density at radius 3 is 3.00 bits per heavy atom. The summed E-state index contributed by atoms with van der Waals surface area (Å²) in [6.07, 6.45) is 0.133. The van der Waals surface area contributed by atoms with Crippen LogP contribution in [0, 0.1) is 5.82 Å². The third-order valence-electron chi connectivity index (χ3n) is 2.13. The largest absolute Gasteiger partial charge is 0.393 e. The summed E-state index contributed by atoms with van der Waals surface area (Å²) in [7, 11) is 0. The van der Waals surface area contributed by atoms with Crippen LogP contribution in [0.25, 0.3) is 10.6 Å². The number of aromatic nitrogens is 1. The van der Waals surface area contributed by atoms with Gasteiger partial charge in [-0.2, -0.15) is 0 Å². The van der Waals surface area contributed by atoms with Crippen molar-refractivity contribution in [2.75, 3.05) is 0 Å². The zero-order valence-corrected chi connectivity index (χ0v) is 9.67. The summed E-state index contributed by atoms with van der Waals surface area (Å²) in [5.74, 6) is -0.259. The number of hydrogen-bond acceptors (Lipinski definition) is 3. The lowest BCUT2D eigenvalue weighted by molar-refractivity contribution is 0.194. The smallest absolute Gasteiger partial charge is 0.123 e. The van der Waals surface area contributed by atoms with Gasteiger partial charge in [-0.15, -0.1) is 11.3 Å². The van der Waals surface area contributed by atoms with Crippen LogP contribution in [-0.4, -0.2) is 16.2 Å². The summed E-state index contributed by atoms with van der Waals surface area (Å²) in [5.41, 5.74) is 1.63. The van der Waals surface area contributed by atoms with Gasteiger partial charge in [0.05, 0.1) is 11.8 Å². The minimum absolute atomic E-state index is 0.259. The highest BCUT2D eigenvalue weighted by Crippen LogP contribution is 2.24. The highest BCUT2D eigenvalue weighted by Gasteiger charge is 2.07. The minimum Gasteiger partial charge on any atom is -0.393 e. The molecule has 2 rings (SSSR count). The molecule has 1 unspecified atom stereocenters. The van der Waals surface area contributed by atoms with Gasteiger partial charge in [0.1, 0.15) is 10.8 Å². The quantitative estimate of drug-likeness (QED) is 0.890. The second-order valence-corrected chi connectivity index (χ2v) is 4.57. The van der Waals surface area contributed by atoms with Crippen LogP contribution < -0.4 is 0 Å². The monoisotopic (exact) mass is 237 g/mol. The third-order valence-corrected chi connectivity index (χ3v) is 3.07. The molecule has 2 aromatic rings.